The Balaban J connectivity index is 1.61. The summed E-state index contributed by atoms with van der Waals surface area (Å²) in [7, 11) is 3.33. The largest absolute Gasteiger partial charge is 0.497 e. The van der Waals surface area contributed by atoms with Crippen molar-refractivity contribution >= 4 is 5.91 Å². The van der Waals surface area contributed by atoms with Crippen LogP contribution >= 0.6 is 0 Å². The van der Waals surface area contributed by atoms with Crippen LogP contribution in [0.2, 0.25) is 0 Å². The van der Waals surface area contributed by atoms with Gasteiger partial charge in [0.25, 0.3) is 0 Å². The third-order valence-corrected chi connectivity index (χ3v) is 5.33. The van der Waals surface area contributed by atoms with Crippen molar-refractivity contribution in [3.05, 3.63) is 40.7 Å². The number of methoxy groups -OCH3 is 2. The summed E-state index contributed by atoms with van der Waals surface area (Å²) in [4.78, 5) is 17.0. The lowest BCUT2D eigenvalue weighted by Gasteiger charge is -2.36. The fourth-order valence-electron chi connectivity index (χ4n) is 3.71. The third-order valence-electron chi connectivity index (χ3n) is 5.33. The van der Waals surface area contributed by atoms with Crippen LogP contribution in [0.1, 0.15) is 28.6 Å². The lowest BCUT2D eigenvalue weighted by molar-refractivity contribution is -0.134. The Labute approximate surface area is 165 Å². The van der Waals surface area contributed by atoms with Crippen LogP contribution in [-0.2, 0) is 11.3 Å². The second-order valence-electron chi connectivity index (χ2n) is 7.10. The molecule has 0 aliphatic carbocycles. The van der Waals surface area contributed by atoms with Gasteiger partial charge in [0.1, 0.15) is 17.5 Å². The number of carbonyl (C=O) groups is 1. The van der Waals surface area contributed by atoms with Gasteiger partial charge in [-0.25, -0.2) is 0 Å². The number of hydrogen-bond donors (Lipinski definition) is 2. The summed E-state index contributed by atoms with van der Waals surface area (Å²) in [5.41, 5.74) is 9.75. The fraction of sp³-hybridized carbons (Fsp3) is 0.500. The maximum Gasteiger partial charge on any atom is 0.244 e. The molecule has 1 unspecified atom stereocenters. The molecule has 152 valence electrons. The first kappa shape index (κ1) is 20.2. The number of aryl methyl sites for hydroxylation is 2. The molecular weight excluding hydrogens is 358 g/mol. The minimum Gasteiger partial charge on any atom is -0.497 e. The molecule has 8 nitrogen and oxygen atoms in total. The number of piperazine rings is 1. The monoisotopic (exact) mass is 387 g/mol. The molecule has 1 atom stereocenters. The number of aromatic amines is 1. The van der Waals surface area contributed by atoms with Gasteiger partial charge in [-0.1, -0.05) is 0 Å². The molecule has 1 aromatic carbocycles. The molecule has 1 saturated heterocycles. The van der Waals surface area contributed by atoms with Crippen molar-refractivity contribution in [2.75, 3.05) is 40.4 Å². The summed E-state index contributed by atoms with van der Waals surface area (Å²) in [5.74, 6) is 1.60. The van der Waals surface area contributed by atoms with E-state index in [-0.39, 0.29) is 5.91 Å². The predicted molar refractivity (Wildman–Crippen MR) is 106 cm³/mol. The molecule has 1 amide bonds. The molecule has 0 saturated carbocycles. The number of ether oxygens (including phenoxy) is 2. The first-order valence-electron chi connectivity index (χ1n) is 9.43. The second-order valence-corrected chi connectivity index (χ2v) is 7.10. The molecule has 2 heterocycles. The van der Waals surface area contributed by atoms with Crippen LogP contribution in [0, 0.1) is 13.8 Å². The Morgan fingerprint density at radius 2 is 1.93 bits per heavy atom. The summed E-state index contributed by atoms with van der Waals surface area (Å²) in [6.45, 7) is 7.36. The van der Waals surface area contributed by atoms with Crippen LogP contribution in [-0.4, -0.2) is 66.3 Å². The number of H-pyrrole nitrogens is 1. The molecule has 1 aliphatic rings. The number of benzene rings is 1. The zero-order chi connectivity index (χ0) is 20.3. The Bertz CT molecular complexity index is 808. The highest BCUT2D eigenvalue weighted by Gasteiger charge is 2.29. The number of amides is 1. The van der Waals surface area contributed by atoms with E-state index in [9.17, 15) is 4.79 Å². The molecule has 8 heteroatoms. The maximum atomic E-state index is 12.9. The number of rotatable bonds is 6. The standard InChI is InChI=1S/C20H29N5O3/c1-13-18(14(2)23-22-13)19(21)20(26)25-9-7-24(8-10-25)12-15-11-16(27-3)5-6-17(15)28-4/h5-6,11,19H,7-10,12,21H2,1-4H3,(H,22,23). The molecule has 1 fully saturated rings. The fourth-order valence-corrected chi connectivity index (χ4v) is 3.71. The Kier molecular flexibility index (Phi) is 6.21. The van der Waals surface area contributed by atoms with Crippen LogP contribution < -0.4 is 15.2 Å². The molecule has 28 heavy (non-hydrogen) atoms. The van der Waals surface area contributed by atoms with Crippen LogP contribution in [0.4, 0.5) is 0 Å². The van der Waals surface area contributed by atoms with Crippen molar-refractivity contribution < 1.29 is 14.3 Å². The summed E-state index contributed by atoms with van der Waals surface area (Å²) >= 11 is 0. The molecule has 3 N–H and O–H groups in total. The zero-order valence-corrected chi connectivity index (χ0v) is 17.0. The van der Waals surface area contributed by atoms with Gasteiger partial charge in [0.2, 0.25) is 5.91 Å². The number of hydrogen-bond acceptors (Lipinski definition) is 6. The van der Waals surface area contributed by atoms with Gasteiger partial charge in [0.15, 0.2) is 0 Å². The normalized spacial score (nSPS) is 16.1. The van der Waals surface area contributed by atoms with E-state index in [0.29, 0.717) is 13.1 Å². The highest BCUT2D eigenvalue weighted by molar-refractivity contribution is 5.83. The summed E-state index contributed by atoms with van der Waals surface area (Å²) in [6.07, 6.45) is 0. The van der Waals surface area contributed by atoms with Gasteiger partial charge in [-0.15, -0.1) is 0 Å². The van der Waals surface area contributed by atoms with Crippen molar-refractivity contribution in [2.45, 2.75) is 26.4 Å². The Morgan fingerprint density at radius 3 is 2.50 bits per heavy atom. The van der Waals surface area contributed by atoms with E-state index in [0.717, 1.165) is 53.6 Å². The molecule has 2 aromatic rings. The van der Waals surface area contributed by atoms with E-state index in [1.54, 1.807) is 14.2 Å². The average Bonchev–Trinajstić information content (AvgIpc) is 3.05. The molecule has 0 bridgehead atoms. The smallest absolute Gasteiger partial charge is 0.244 e. The lowest BCUT2D eigenvalue weighted by atomic mass is 10.0. The first-order valence-corrected chi connectivity index (χ1v) is 9.43. The predicted octanol–water partition coefficient (Wildman–Crippen LogP) is 1.39. The van der Waals surface area contributed by atoms with Crippen LogP contribution in [0.3, 0.4) is 0 Å². The number of nitrogens with zero attached hydrogens (tertiary/aromatic N) is 3. The molecule has 1 aliphatic heterocycles. The number of nitrogens with two attached hydrogens (primary N) is 1. The van der Waals surface area contributed by atoms with Crippen LogP contribution in [0.15, 0.2) is 18.2 Å². The van der Waals surface area contributed by atoms with Crippen molar-refractivity contribution in [1.82, 2.24) is 20.0 Å². The minimum atomic E-state index is -0.677. The second kappa shape index (κ2) is 8.62. The quantitative estimate of drug-likeness (QED) is 0.778. The first-order chi connectivity index (χ1) is 13.4. The van der Waals surface area contributed by atoms with E-state index < -0.39 is 6.04 Å². The van der Waals surface area contributed by atoms with Gasteiger partial charge in [-0.3, -0.25) is 14.8 Å². The van der Waals surface area contributed by atoms with Gasteiger partial charge in [-0.05, 0) is 32.0 Å². The highest BCUT2D eigenvalue weighted by Crippen LogP contribution is 2.26. The SMILES string of the molecule is COc1ccc(OC)c(CN2CCN(C(=O)C(N)c3c(C)n[nH]c3C)CC2)c1. The van der Waals surface area contributed by atoms with Gasteiger partial charge < -0.3 is 20.1 Å². The van der Waals surface area contributed by atoms with E-state index in [1.165, 1.54) is 0 Å². The van der Waals surface area contributed by atoms with Crippen LogP contribution in [0.25, 0.3) is 0 Å². The number of aromatic nitrogens is 2. The highest BCUT2D eigenvalue weighted by atomic mass is 16.5. The molecule has 3 rings (SSSR count). The Morgan fingerprint density at radius 1 is 1.21 bits per heavy atom. The summed E-state index contributed by atoms with van der Waals surface area (Å²) in [6, 6.07) is 5.13. The third kappa shape index (κ3) is 4.13. The zero-order valence-electron chi connectivity index (χ0n) is 17.0. The minimum absolute atomic E-state index is 0.0498. The molecule has 0 spiro atoms. The summed E-state index contributed by atoms with van der Waals surface area (Å²) in [5, 5.41) is 7.05. The average molecular weight is 387 g/mol. The molecule has 1 aromatic heterocycles. The van der Waals surface area contributed by atoms with E-state index in [4.69, 9.17) is 15.2 Å². The van der Waals surface area contributed by atoms with Gasteiger partial charge in [0.05, 0.1) is 19.9 Å². The van der Waals surface area contributed by atoms with Crippen molar-refractivity contribution in [3.63, 3.8) is 0 Å². The van der Waals surface area contributed by atoms with E-state index in [2.05, 4.69) is 15.1 Å². The lowest BCUT2D eigenvalue weighted by Crippen LogP contribution is -2.50. The Hall–Kier alpha value is -2.58. The van der Waals surface area contributed by atoms with E-state index >= 15 is 0 Å². The van der Waals surface area contributed by atoms with E-state index in [1.807, 2.05) is 36.9 Å². The van der Waals surface area contributed by atoms with Crippen LogP contribution in [0.5, 0.6) is 11.5 Å². The van der Waals surface area contributed by atoms with Gasteiger partial charge in [0, 0.05) is 49.5 Å². The maximum absolute atomic E-state index is 12.9. The topological polar surface area (TPSA) is 96.7 Å². The van der Waals surface area contributed by atoms with Gasteiger partial charge in [-0.2, -0.15) is 5.10 Å². The summed E-state index contributed by atoms with van der Waals surface area (Å²) < 4.78 is 10.8. The van der Waals surface area contributed by atoms with Crippen molar-refractivity contribution in [2.24, 2.45) is 5.73 Å². The number of carbonyl (C=O) groups excluding carboxylic acids is 1. The van der Waals surface area contributed by atoms with Crippen molar-refractivity contribution in [3.8, 4) is 11.5 Å². The molecular formula is C20H29N5O3. The number of nitrogens with one attached hydrogen (secondary N) is 1. The van der Waals surface area contributed by atoms with Gasteiger partial charge >= 0.3 is 0 Å². The molecule has 0 radical (unpaired) electrons. The van der Waals surface area contributed by atoms with Crippen molar-refractivity contribution in [1.29, 1.82) is 0 Å².